The van der Waals surface area contributed by atoms with E-state index in [-0.39, 0.29) is 12.5 Å². The molecule has 9 heteroatoms. The fourth-order valence-corrected chi connectivity index (χ4v) is 3.91. The van der Waals surface area contributed by atoms with E-state index in [2.05, 4.69) is 20.2 Å². The first-order valence-corrected chi connectivity index (χ1v) is 11.4. The number of anilines is 3. The molecule has 0 spiro atoms. The summed E-state index contributed by atoms with van der Waals surface area (Å²) in [6.07, 6.45) is 5.51. The lowest BCUT2D eigenvalue weighted by Crippen LogP contribution is -2.47. The van der Waals surface area contributed by atoms with Crippen molar-refractivity contribution in [1.29, 1.82) is 0 Å². The van der Waals surface area contributed by atoms with Crippen LogP contribution in [0.25, 0.3) is 0 Å². The van der Waals surface area contributed by atoms with Crippen molar-refractivity contribution in [2.75, 3.05) is 36.6 Å². The number of ether oxygens (including phenoxy) is 2. The van der Waals surface area contributed by atoms with Gasteiger partial charge in [0, 0.05) is 32.2 Å². The van der Waals surface area contributed by atoms with Crippen LogP contribution in [0.3, 0.4) is 0 Å². The van der Waals surface area contributed by atoms with Crippen molar-refractivity contribution in [1.82, 2.24) is 9.97 Å². The number of nitrogens with one attached hydrogen (secondary N) is 1. The van der Waals surface area contributed by atoms with Gasteiger partial charge in [-0.1, -0.05) is 6.07 Å². The monoisotopic (exact) mass is 458 g/mol. The lowest BCUT2D eigenvalue weighted by atomic mass is 10.00. The van der Waals surface area contributed by atoms with Gasteiger partial charge in [-0.25, -0.2) is 9.97 Å². The molecule has 0 aliphatic carbocycles. The maximum Gasteiger partial charge on any atom is 0.316 e. The molecule has 2 aromatic rings. The van der Waals surface area contributed by atoms with Crippen LogP contribution in [0.1, 0.15) is 45.6 Å². The number of carbonyl (C=O) groups is 1. The summed E-state index contributed by atoms with van der Waals surface area (Å²) in [6, 6.07) is 6.44. The highest BCUT2D eigenvalue weighted by molar-refractivity contribution is 5.76. The molecule has 3 N–H and O–H groups in total. The number of nitrogens with zero attached hydrogens (tertiary/aromatic N) is 3. The van der Waals surface area contributed by atoms with Gasteiger partial charge in [0.1, 0.15) is 0 Å². The van der Waals surface area contributed by atoms with Gasteiger partial charge in [-0.3, -0.25) is 4.79 Å². The Morgan fingerprint density at radius 1 is 1.27 bits per heavy atom. The Labute approximate surface area is 194 Å². The summed E-state index contributed by atoms with van der Waals surface area (Å²) >= 11 is 0. The molecule has 0 atom stereocenters. The second-order valence-corrected chi connectivity index (χ2v) is 8.84. The van der Waals surface area contributed by atoms with E-state index >= 15 is 0 Å². The highest BCUT2D eigenvalue weighted by Gasteiger charge is 2.28. The van der Waals surface area contributed by atoms with Crippen LogP contribution in [-0.4, -0.2) is 64.2 Å². The SMILES string of the molecule is CCOc1ncc(Nc2cc(CCC(=O)O)ccc2N(CC(C)(C)O)C2CCOCC2)cn1. The van der Waals surface area contributed by atoms with E-state index in [0.29, 0.717) is 44.5 Å². The summed E-state index contributed by atoms with van der Waals surface area (Å²) in [4.78, 5) is 21.8. The van der Waals surface area contributed by atoms with E-state index in [1.165, 1.54) is 0 Å². The Morgan fingerprint density at radius 2 is 1.97 bits per heavy atom. The zero-order chi connectivity index (χ0) is 23.8. The van der Waals surface area contributed by atoms with Crippen LogP contribution >= 0.6 is 0 Å². The molecule has 1 aromatic carbocycles. The zero-order valence-corrected chi connectivity index (χ0v) is 19.6. The molecular formula is C24H34N4O5. The standard InChI is InChI=1S/C24H34N4O5/c1-4-33-23-25-14-18(15-26-23)27-20-13-17(6-8-22(29)30)5-7-21(20)28(16-24(2,3)31)19-9-11-32-12-10-19/h5,7,13-15,19,27,31H,4,6,8-12,16H2,1-3H3,(H,29,30). The summed E-state index contributed by atoms with van der Waals surface area (Å²) < 4.78 is 10.9. The molecule has 3 rings (SSSR count). The molecule has 1 aromatic heterocycles. The number of aryl methyl sites for hydroxylation is 1. The van der Waals surface area contributed by atoms with Gasteiger partial charge in [0.15, 0.2) is 0 Å². The van der Waals surface area contributed by atoms with Crippen molar-refractivity contribution in [2.45, 2.75) is 58.1 Å². The second kappa shape index (κ2) is 11.3. The lowest BCUT2D eigenvalue weighted by Gasteiger charge is -2.40. The predicted octanol–water partition coefficient (Wildman–Crippen LogP) is 3.39. The predicted molar refractivity (Wildman–Crippen MR) is 126 cm³/mol. The first-order chi connectivity index (χ1) is 15.7. The molecule has 180 valence electrons. The third kappa shape index (κ3) is 7.57. The summed E-state index contributed by atoms with van der Waals surface area (Å²) in [7, 11) is 0. The molecular weight excluding hydrogens is 424 g/mol. The van der Waals surface area contributed by atoms with Crippen molar-refractivity contribution in [3.63, 3.8) is 0 Å². The number of aliphatic hydroxyl groups is 1. The summed E-state index contributed by atoms with van der Waals surface area (Å²) in [5.74, 6) is -0.834. The van der Waals surface area contributed by atoms with Crippen LogP contribution in [-0.2, 0) is 16.0 Å². The minimum absolute atomic E-state index is 0.0539. The van der Waals surface area contributed by atoms with Gasteiger partial charge in [0.25, 0.3) is 0 Å². The molecule has 1 aliphatic rings. The minimum Gasteiger partial charge on any atom is -0.481 e. The van der Waals surface area contributed by atoms with Crippen molar-refractivity contribution in [3.05, 3.63) is 36.2 Å². The van der Waals surface area contributed by atoms with Crippen LogP contribution in [0.15, 0.2) is 30.6 Å². The first kappa shape index (κ1) is 24.7. The maximum absolute atomic E-state index is 11.1. The van der Waals surface area contributed by atoms with E-state index in [4.69, 9.17) is 14.6 Å². The molecule has 1 aliphatic heterocycles. The summed E-state index contributed by atoms with van der Waals surface area (Å²) in [5.41, 5.74) is 2.43. The molecule has 0 bridgehead atoms. The fraction of sp³-hybridized carbons (Fsp3) is 0.542. The zero-order valence-electron chi connectivity index (χ0n) is 19.6. The molecule has 0 radical (unpaired) electrons. The van der Waals surface area contributed by atoms with Gasteiger partial charge in [0.05, 0.1) is 41.7 Å². The number of aliphatic carboxylic acids is 1. The summed E-state index contributed by atoms with van der Waals surface area (Å²) in [6.45, 7) is 7.76. The highest BCUT2D eigenvalue weighted by Crippen LogP contribution is 2.34. The van der Waals surface area contributed by atoms with Crippen LogP contribution in [0.5, 0.6) is 6.01 Å². The number of rotatable bonds is 11. The van der Waals surface area contributed by atoms with E-state index < -0.39 is 11.6 Å². The number of aromatic nitrogens is 2. The molecule has 0 unspecified atom stereocenters. The molecule has 9 nitrogen and oxygen atoms in total. The van der Waals surface area contributed by atoms with Gasteiger partial charge in [-0.15, -0.1) is 0 Å². The van der Waals surface area contributed by atoms with E-state index in [9.17, 15) is 9.90 Å². The number of carboxylic acids is 1. The van der Waals surface area contributed by atoms with Crippen LogP contribution in [0, 0.1) is 0 Å². The minimum atomic E-state index is -0.903. The van der Waals surface area contributed by atoms with Gasteiger partial charge >= 0.3 is 12.0 Å². The van der Waals surface area contributed by atoms with Gasteiger partial charge in [-0.2, -0.15) is 0 Å². The highest BCUT2D eigenvalue weighted by atomic mass is 16.5. The van der Waals surface area contributed by atoms with Gasteiger partial charge in [0.2, 0.25) is 0 Å². The molecule has 0 amide bonds. The van der Waals surface area contributed by atoms with Crippen LogP contribution in [0.2, 0.25) is 0 Å². The fourth-order valence-electron chi connectivity index (χ4n) is 3.91. The van der Waals surface area contributed by atoms with E-state index in [1.807, 2.05) is 25.1 Å². The number of benzene rings is 1. The average Bonchev–Trinajstić information content (AvgIpc) is 2.78. The third-order valence-corrected chi connectivity index (χ3v) is 5.37. The molecule has 33 heavy (non-hydrogen) atoms. The lowest BCUT2D eigenvalue weighted by molar-refractivity contribution is -0.136. The van der Waals surface area contributed by atoms with Gasteiger partial charge in [-0.05, 0) is 57.7 Å². The molecule has 0 saturated carbocycles. The van der Waals surface area contributed by atoms with Crippen molar-refractivity contribution < 1.29 is 24.5 Å². The van der Waals surface area contributed by atoms with Crippen molar-refractivity contribution >= 4 is 23.0 Å². The second-order valence-electron chi connectivity index (χ2n) is 8.84. The number of hydrogen-bond donors (Lipinski definition) is 3. The third-order valence-electron chi connectivity index (χ3n) is 5.37. The van der Waals surface area contributed by atoms with Crippen molar-refractivity contribution in [3.8, 4) is 6.01 Å². The number of carboxylic acid groups (broad SMARTS) is 1. The Hall–Kier alpha value is -2.91. The van der Waals surface area contributed by atoms with E-state index in [0.717, 1.165) is 29.8 Å². The number of hydrogen-bond acceptors (Lipinski definition) is 8. The van der Waals surface area contributed by atoms with Gasteiger partial charge < -0.3 is 29.9 Å². The quantitative estimate of drug-likeness (QED) is 0.466. The maximum atomic E-state index is 11.1. The normalized spacial score (nSPS) is 14.7. The Kier molecular flexibility index (Phi) is 8.46. The average molecular weight is 459 g/mol. The van der Waals surface area contributed by atoms with Crippen LogP contribution < -0.4 is 15.0 Å². The largest absolute Gasteiger partial charge is 0.481 e. The molecule has 2 heterocycles. The van der Waals surface area contributed by atoms with Crippen molar-refractivity contribution in [2.24, 2.45) is 0 Å². The molecule has 1 saturated heterocycles. The summed E-state index contributed by atoms with van der Waals surface area (Å²) in [5, 5.41) is 23.1. The molecule has 1 fully saturated rings. The van der Waals surface area contributed by atoms with E-state index in [1.54, 1.807) is 26.2 Å². The Balaban J connectivity index is 1.96. The Bertz CT molecular complexity index is 908. The van der Waals surface area contributed by atoms with Crippen LogP contribution in [0.4, 0.5) is 17.1 Å². The smallest absolute Gasteiger partial charge is 0.316 e. The topological polar surface area (TPSA) is 117 Å². The Morgan fingerprint density at radius 3 is 2.58 bits per heavy atom. The first-order valence-electron chi connectivity index (χ1n) is 11.4.